The van der Waals surface area contributed by atoms with Crippen molar-refractivity contribution in [2.24, 2.45) is 0 Å². The van der Waals surface area contributed by atoms with Crippen molar-refractivity contribution in [3.63, 3.8) is 0 Å². The quantitative estimate of drug-likeness (QED) is 0.480. The maximum atomic E-state index is 13.6. The van der Waals surface area contributed by atoms with Gasteiger partial charge in [0.1, 0.15) is 12.1 Å². The van der Waals surface area contributed by atoms with Gasteiger partial charge in [0.25, 0.3) is 0 Å². The summed E-state index contributed by atoms with van der Waals surface area (Å²) in [6.45, 7) is -0.337. The van der Waals surface area contributed by atoms with E-state index >= 15 is 0 Å². The van der Waals surface area contributed by atoms with Crippen LogP contribution in [0.1, 0.15) is 5.56 Å². The van der Waals surface area contributed by atoms with Crippen molar-refractivity contribution in [2.75, 3.05) is 16.8 Å². The van der Waals surface area contributed by atoms with E-state index in [9.17, 15) is 13.2 Å². The van der Waals surface area contributed by atoms with Crippen molar-refractivity contribution >= 4 is 46.3 Å². The molecule has 0 bridgehead atoms. The maximum Gasteiger partial charge on any atom is 0.421 e. The summed E-state index contributed by atoms with van der Waals surface area (Å²) in [4.78, 5) is 8.97. The molecule has 29 heavy (non-hydrogen) atoms. The molecule has 0 atom stereocenters. The van der Waals surface area contributed by atoms with E-state index in [1.54, 1.807) is 36.4 Å². The first kappa shape index (κ1) is 20.7. The molecule has 0 aliphatic heterocycles. The van der Waals surface area contributed by atoms with E-state index < -0.39 is 17.6 Å². The number of rotatable bonds is 5. The Morgan fingerprint density at radius 1 is 1.07 bits per heavy atom. The Bertz CT molecular complexity index is 1050. The molecule has 0 aliphatic rings. The van der Waals surface area contributed by atoms with Gasteiger partial charge in [0.05, 0.1) is 16.1 Å². The van der Waals surface area contributed by atoms with Gasteiger partial charge in [-0.3, -0.25) is 0 Å². The van der Waals surface area contributed by atoms with Gasteiger partial charge in [-0.2, -0.15) is 23.4 Å². The van der Waals surface area contributed by atoms with Gasteiger partial charge < -0.3 is 10.2 Å². The van der Waals surface area contributed by atoms with Crippen LogP contribution in [0.3, 0.4) is 0 Å². The molecule has 0 aliphatic carbocycles. The number of benzene rings is 2. The molecule has 1 aromatic heterocycles. The van der Waals surface area contributed by atoms with Crippen molar-refractivity contribution < 1.29 is 13.2 Å². The third kappa shape index (κ3) is 4.88. The maximum absolute atomic E-state index is 13.6. The van der Waals surface area contributed by atoms with Gasteiger partial charge in [-0.15, -0.1) is 0 Å². The van der Waals surface area contributed by atoms with Gasteiger partial charge in [-0.05, 0) is 30.3 Å². The first-order valence-corrected chi connectivity index (χ1v) is 8.91. The topological polar surface area (TPSA) is 64.8 Å². The molecule has 0 unspecified atom stereocenters. The molecule has 5 nitrogen and oxygen atoms in total. The lowest BCUT2D eigenvalue weighted by molar-refractivity contribution is -0.137. The molecule has 0 fully saturated rings. The van der Waals surface area contributed by atoms with E-state index in [1.165, 1.54) is 17.0 Å². The molecule has 10 heteroatoms. The van der Waals surface area contributed by atoms with Crippen LogP contribution in [-0.2, 0) is 6.18 Å². The molecule has 0 saturated heterocycles. The minimum absolute atomic E-state index is 0.0924. The number of anilines is 4. The van der Waals surface area contributed by atoms with Crippen LogP contribution in [0.4, 0.5) is 36.3 Å². The molecule has 1 N–H and O–H groups in total. The Morgan fingerprint density at radius 2 is 1.79 bits per heavy atom. The van der Waals surface area contributed by atoms with Crippen LogP contribution in [-0.4, -0.2) is 16.5 Å². The molecule has 0 saturated carbocycles. The van der Waals surface area contributed by atoms with Crippen LogP contribution >= 0.6 is 23.2 Å². The molecule has 0 amide bonds. The Labute approximate surface area is 174 Å². The van der Waals surface area contributed by atoms with Crippen LogP contribution in [0.5, 0.6) is 0 Å². The normalized spacial score (nSPS) is 11.0. The molecule has 3 aromatic rings. The molecular weight excluding hydrogens is 426 g/mol. The minimum atomic E-state index is -4.71. The summed E-state index contributed by atoms with van der Waals surface area (Å²) in [6.07, 6.45) is -4.03. The van der Waals surface area contributed by atoms with Crippen LogP contribution in [0.2, 0.25) is 10.0 Å². The molecule has 0 radical (unpaired) electrons. The van der Waals surface area contributed by atoms with Crippen molar-refractivity contribution in [3.05, 3.63) is 70.3 Å². The van der Waals surface area contributed by atoms with Gasteiger partial charge >= 0.3 is 6.18 Å². The number of nitrogens with zero attached hydrogens (tertiary/aromatic N) is 4. The number of hydrogen-bond donors (Lipinski definition) is 1. The summed E-state index contributed by atoms with van der Waals surface area (Å²) in [7, 11) is 0. The summed E-state index contributed by atoms with van der Waals surface area (Å²) < 4.78 is 40.7. The SMILES string of the molecule is N#CCN(c1ccccc1)c1nc(Nc2ccc(Cl)c(Cl)c2)ncc1C(F)(F)F. The third-order valence-electron chi connectivity index (χ3n) is 3.80. The van der Waals surface area contributed by atoms with Crippen LogP contribution < -0.4 is 10.2 Å². The second-order valence-corrected chi connectivity index (χ2v) is 6.58. The first-order valence-electron chi connectivity index (χ1n) is 8.15. The summed E-state index contributed by atoms with van der Waals surface area (Å²) >= 11 is 11.8. The highest BCUT2D eigenvalue weighted by Gasteiger charge is 2.37. The largest absolute Gasteiger partial charge is 0.421 e. The minimum Gasteiger partial charge on any atom is -0.324 e. The standard InChI is InChI=1S/C19H12Cl2F3N5/c20-15-7-6-12(10-16(15)21)27-18-26-11-14(19(22,23)24)17(28-18)29(9-8-25)13-4-2-1-3-5-13/h1-7,10-11H,9H2,(H,26,27,28). The van der Waals surface area contributed by atoms with Gasteiger partial charge in [0.15, 0.2) is 5.82 Å². The summed E-state index contributed by atoms with van der Waals surface area (Å²) in [5, 5.41) is 12.5. The molecular formula is C19H12Cl2F3N5. The van der Waals surface area contributed by atoms with Gasteiger partial charge in [0, 0.05) is 17.6 Å². The van der Waals surface area contributed by atoms with Crippen molar-refractivity contribution in [1.29, 1.82) is 5.26 Å². The molecule has 148 valence electrons. The summed E-state index contributed by atoms with van der Waals surface area (Å²) in [6, 6.07) is 14.7. The van der Waals surface area contributed by atoms with E-state index in [0.717, 1.165) is 0 Å². The Morgan fingerprint density at radius 3 is 2.41 bits per heavy atom. The number of hydrogen-bond acceptors (Lipinski definition) is 5. The zero-order chi connectivity index (χ0) is 21.0. The van der Waals surface area contributed by atoms with Crippen molar-refractivity contribution in [3.8, 4) is 6.07 Å². The fourth-order valence-electron chi connectivity index (χ4n) is 2.51. The number of nitriles is 1. The Hall–Kier alpha value is -3.02. The van der Waals surface area contributed by atoms with Crippen molar-refractivity contribution in [1.82, 2.24) is 9.97 Å². The highest BCUT2D eigenvalue weighted by molar-refractivity contribution is 6.42. The lowest BCUT2D eigenvalue weighted by atomic mass is 10.2. The Kier molecular flexibility index (Phi) is 6.11. The lowest BCUT2D eigenvalue weighted by Gasteiger charge is -2.24. The third-order valence-corrected chi connectivity index (χ3v) is 4.54. The molecule has 0 spiro atoms. The second kappa shape index (κ2) is 8.55. The van der Waals surface area contributed by atoms with Crippen LogP contribution in [0.25, 0.3) is 0 Å². The summed E-state index contributed by atoms with van der Waals surface area (Å²) in [5.74, 6) is -0.534. The average molecular weight is 438 g/mol. The fourth-order valence-corrected chi connectivity index (χ4v) is 2.81. The smallest absolute Gasteiger partial charge is 0.324 e. The highest BCUT2D eigenvalue weighted by atomic mass is 35.5. The van der Waals surface area contributed by atoms with E-state index in [0.29, 0.717) is 22.6 Å². The number of halogens is 5. The molecule has 3 rings (SSSR count). The first-order chi connectivity index (χ1) is 13.8. The summed E-state index contributed by atoms with van der Waals surface area (Å²) in [5.41, 5.74) is -0.230. The average Bonchev–Trinajstić information content (AvgIpc) is 2.69. The van der Waals surface area contributed by atoms with Gasteiger partial charge in [-0.1, -0.05) is 41.4 Å². The predicted octanol–water partition coefficient (Wildman–Crippen LogP) is 6.21. The lowest BCUT2D eigenvalue weighted by Crippen LogP contribution is -2.23. The number of para-hydroxylation sites is 1. The molecule has 2 aromatic carbocycles. The van der Waals surface area contributed by atoms with E-state index in [2.05, 4.69) is 15.3 Å². The van der Waals surface area contributed by atoms with E-state index in [-0.39, 0.29) is 17.5 Å². The fraction of sp³-hybridized carbons (Fsp3) is 0.105. The van der Waals surface area contributed by atoms with Gasteiger partial charge in [0.2, 0.25) is 5.95 Å². The number of aromatic nitrogens is 2. The number of nitrogens with one attached hydrogen (secondary N) is 1. The number of alkyl halides is 3. The van der Waals surface area contributed by atoms with Crippen LogP contribution in [0, 0.1) is 11.3 Å². The molecule has 1 heterocycles. The van der Waals surface area contributed by atoms with E-state index in [1.807, 2.05) is 6.07 Å². The monoisotopic (exact) mass is 437 g/mol. The van der Waals surface area contributed by atoms with E-state index in [4.69, 9.17) is 28.5 Å². The Balaban J connectivity index is 2.08. The zero-order valence-electron chi connectivity index (χ0n) is 14.6. The van der Waals surface area contributed by atoms with Crippen LogP contribution in [0.15, 0.2) is 54.7 Å². The highest BCUT2D eigenvalue weighted by Crippen LogP contribution is 2.38. The predicted molar refractivity (Wildman–Crippen MR) is 106 cm³/mol. The second-order valence-electron chi connectivity index (χ2n) is 5.76. The van der Waals surface area contributed by atoms with Crippen molar-refractivity contribution in [2.45, 2.75) is 6.18 Å². The zero-order valence-corrected chi connectivity index (χ0v) is 16.1. The van der Waals surface area contributed by atoms with Gasteiger partial charge in [-0.25, -0.2) is 4.98 Å².